The van der Waals surface area contributed by atoms with E-state index in [9.17, 15) is 18.6 Å². The third-order valence-corrected chi connectivity index (χ3v) is 9.10. The van der Waals surface area contributed by atoms with E-state index in [-0.39, 0.29) is 28.9 Å². The molecule has 2 atom stereocenters. The summed E-state index contributed by atoms with van der Waals surface area (Å²) in [4.78, 5) is 17.1. The Kier molecular flexibility index (Phi) is 7.72. The van der Waals surface area contributed by atoms with Gasteiger partial charge in [-0.2, -0.15) is 0 Å². The second-order valence-corrected chi connectivity index (χ2v) is 12.6. The molecule has 14 nitrogen and oxygen atoms in total. The topological polar surface area (TPSA) is 184 Å². The predicted molar refractivity (Wildman–Crippen MR) is 164 cm³/mol. The van der Waals surface area contributed by atoms with Crippen LogP contribution in [-0.4, -0.2) is 102 Å². The first-order chi connectivity index (χ1) is 20.7. The number of anilines is 3. The van der Waals surface area contributed by atoms with Crippen LogP contribution in [0.3, 0.4) is 0 Å². The first kappa shape index (κ1) is 28.9. The molecule has 0 aliphatic carbocycles. The van der Waals surface area contributed by atoms with Crippen molar-refractivity contribution in [2.24, 2.45) is 0 Å². The fraction of sp³-hybridized carbons (Fsp3) is 0.393. The molecule has 1 unspecified atom stereocenters. The second kappa shape index (κ2) is 11.5. The molecule has 2 aromatic carbocycles. The molecule has 0 amide bonds. The molecule has 2 aliphatic heterocycles. The van der Waals surface area contributed by atoms with Gasteiger partial charge >= 0.3 is 0 Å². The van der Waals surface area contributed by atoms with E-state index in [0.717, 1.165) is 24.2 Å². The number of hydrogen-bond acceptors (Lipinski definition) is 12. The number of nitrogen functional groups attached to an aromatic ring is 1. The van der Waals surface area contributed by atoms with E-state index in [1.807, 2.05) is 43.3 Å². The van der Waals surface area contributed by atoms with Crippen molar-refractivity contribution in [3.63, 3.8) is 0 Å². The standard InChI is InChI=1S/C28H35N9O5S/c1-35(2)19-9-5-8-18-17(19)7-6-10-21(18)43(40,41)33-12-4-3-11-30-28-34-22-25(29)31-16-32-26(22)37(28)27-24(39)23(38)20(42-27)15-36-13-14-36/h5-10,16,20,23,33,38-39H,3-4,11-15H2,1-2H3,(H,30,34)(H2,29,31,32)/t20-,23?/m1/s1. The summed E-state index contributed by atoms with van der Waals surface area (Å²) < 4.78 is 36.6. The van der Waals surface area contributed by atoms with Gasteiger partial charge in [0.2, 0.25) is 21.9 Å². The Morgan fingerprint density at radius 3 is 2.60 bits per heavy atom. The van der Waals surface area contributed by atoms with E-state index < -0.39 is 22.2 Å². The number of aliphatic hydroxyl groups is 2. The molecule has 0 radical (unpaired) electrons. The number of aromatic nitrogens is 4. The van der Waals surface area contributed by atoms with Gasteiger partial charge in [-0.05, 0) is 25.0 Å². The zero-order chi connectivity index (χ0) is 30.3. The highest BCUT2D eigenvalue weighted by Crippen LogP contribution is 2.34. The van der Waals surface area contributed by atoms with E-state index in [4.69, 9.17) is 10.5 Å². The van der Waals surface area contributed by atoms with Gasteiger partial charge in [0.15, 0.2) is 28.8 Å². The first-order valence-electron chi connectivity index (χ1n) is 14.1. The monoisotopic (exact) mass is 609 g/mol. The van der Waals surface area contributed by atoms with Crippen LogP contribution in [0.25, 0.3) is 27.8 Å². The van der Waals surface area contributed by atoms with Crippen molar-refractivity contribution < 1.29 is 23.4 Å². The summed E-state index contributed by atoms with van der Waals surface area (Å²) in [6.45, 7) is 2.98. The van der Waals surface area contributed by atoms with E-state index >= 15 is 0 Å². The second-order valence-electron chi connectivity index (χ2n) is 10.8. The smallest absolute Gasteiger partial charge is 0.244 e. The number of benzene rings is 2. The van der Waals surface area contributed by atoms with Gasteiger partial charge in [0.1, 0.15) is 12.4 Å². The Balaban J connectivity index is 1.12. The molecule has 2 aliphatic rings. The summed E-state index contributed by atoms with van der Waals surface area (Å²) in [5.41, 5.74) is 7.62. The number of ether oxygens (including phenoxy) is 1. The van der Waals surface area contributed by atoms with Gasteiger partial charge in [-0.25, -0.2) is 32.7 Å². The van der Waals surface area contributed by atoms with Crippen LogP contribution >= 0.6 is 0 Å². The molecular formula is C28H35N9O5S. The van der Waals surface area contributed by atoms with Crippen molar-refractivity contribution in [2.75, 3.05) is 62.8 Å². The first-order valence-corrected chi connectivity index (χ1v) is 15.6. The van der Waals surface area contributed by atoms with Gasteiger partial charge in [-0.1, -0.05) is 24.3 Å². The van der Waals surface area contributed by atoms with Crippen molar-refractivity contribution in [1.29, 1.82) is 0 Å². The van der Waals surface area contributed by atoms with Gasteiger partial charge in [0.05, 0.1) is 4.90 Å². The highest BCUT2D eigenvalue weighted by molar-refractivity contribution is 7.89. The Morgan fingerprint density at radius 1 is 1.09 bits per heavy atom. The van der Waals surface area contributed by atoms with Crippen LogP contribution in [0, 0.1) is 0 Å². The molecule has 2 aromatic heterocycles. The lowest BCUT2D eigenvalue weighted by Gasteiger charge is -2.17. The Morgan fingerprint density at radius 2 is 1.84 bits per heavy atom. The SMILES string of the molecule is CN(C)c1cccc2c(S(=O)(=O)NCCCCNc3nc4c(N)ncnc4n3C3=C(O)C(O)[C@@H](CN4CC4)O3)cccc12. The number of hydrogen-bond donors (Lipinski definition) is 5. The molecule has 0 saturated carbocycles. The van der Waals surface area contributed by atoms with Crippen LogP contribution in [0.2, 0.25) is 0 Å². The van der Waals surface area contributed by atoms with Gasteiger partial charge in [-0.3, -0.25) is 4.90 Å². The van der Waals surface area contributed by atoms with Crippen LogP contribution in [0.5, 0.6) is 0 Å². The molecule has 228 valence electrons. The van der Waals surface area contributed by atoms with Crippen LogP contribution in [-0.2, 0) is 14.8 Å². The third-order valence-electron chi connectivity index (χ3n) is 7.58. The summed E-state index contributed by atoms with van der Waals surface area (Å²) in [6, 6.07) is 10.9. The Bertz CT molecular complexity index is 1800. The van der Waals surface area contributed by atoms with E-state index in [1.54, 1.807) is 12.1 Å². The highest BCUT2D eigenvalue weighted by Gasteiger charge is 2.40. The van der Waals surface area contributed by atoms with Gasteiger partial charge in [-0.15, -0.1) is 0 Å². The minimum absolute atomic E-state index is 0.0303. The summed E-state index contributed by atoms with van der Waals surface area (Å²) >= 11 is 0. The maximum Gasteiger partial charge on any atom is 0.244 e. The molecule has 4 heterocycles. The lowest BCUT2D eigenvalue weighted by atomic mass is 10.1. The normalized spacial score (nSPS) is 18.9. The summed E-state index contributed by atoms with van der Waals surface area (Å²) in [5.74, 6) is 0.178. The average Bonchev–Trinajstić information content (AvgIpc) is 3.67. The van der Waals surface area contributed by atoms with Gasteiger partial charge in [0, 0.05) is 63.3 Å². The van der Waals surface area contributed by atoms with E-state index in [2.05, 4.69) is 29.9 Å². The van der Waals surface area contributed by atoms with Crippen LogP contribution in [0.1, 0.15) is 12.8 Å². The molecule has 6 rings (SSSR count). The zero-order valence-corrected chi connectivity index (χ0v) is 24.8. The number of nitrogens with zero attached hydrogens (tertiary/aromatic N) is 6. The molecular weight excluding hydrogens is 574 g/mol. The van der Waals surface area contributed by atoms with Crippen LogP contribution in [0.15, 0.2) is 53.4 Å². The summed E-state index contributed by atoms with van der Waals surface area (Å²) in [6.07, 6.45) is 0.609. The average molecular weight is 610 g/mol. The van der Waals surface area contributed by atoms with Gasteiger partial charge < -0.3 is 30.9 Å². The molecule has 43 heavy (non-hydrogen) atoms. The van der Waals surface area contributed by atoms with Crippen molar-refractivity contribution in [3.05, 3.63) is 48.5 Å². The van der Waals surface area contributed by atoms with E-state index in [0.29, 0.717) is 48.4 Å². The Labute approximate surface area is 248 Å². The van der Waals surface area contributed by atoms with Gasteiger partial charge in [0.25, 0.3) is 0 Å². The number of nitrogens with one attached hydrogen (secondary N) is 2. The van der Waals surface area contributed by atoms with E-state index in [1.165, 1.54) is 10.9 Å². The molecule has 0 spiro atoms. The molecule has 4 aromatic rings. The number of unbranched alkanes of at least 4 members (excludes halogenated alkanes) is 1. The molecule has 0 bridgehead atoms. The zero-order valence-electron chi connectivity index (χ0n) is 23.9. The quantitative estimate of drug-likeness (QED) is 0.116. The number of fused-ring (bicyclic) bond motifs is 2. The number of aliphatic hydroxyl groups excluding tert-OH is 2. The van der Waals surface area contributed by atoms with Crippen LogP contribution < -0.4 is 20.7 Å². The number of imidazole rings is 1. The number of rotatable bonds is 12. The molecule has 6 N–H and O–H groups in total. The molecule has 1 fully saturated rings. The largest absolute Gasteiger partial charge is 0.505 e. The lowest BCUT2D eigenvalue weighted by molar-refractivity contribution is 0.0427. The fourth-order valence-electron chi connectivity index (χ4n) is 5.23. The molecule has 15 heteroatoms. The lowest BCUT2D eigenvalue weighted by Crippen LogP contribution is -2.31. The summed E-state index contributed by atoms with van der Waals surface area (Å²) in [7, 11) is 0.107. The molecule has 1 saturated heterocycles. The summed E-state index contributed by atoms with van der Waals surface area (Å²) in [5, 5.41) is 26.1. The fourth-order valence-corrected chi connectivity index (χ4v) is 6.52. The Hall–Kier alpha value is -4.18. The number of sulfonamides is 1. The van der Waals surface area contributed by atoms with Crippen molar-refractivity contribution in [3.8, 4) is 0 Å². The van der Waals surface area contributed by atoms with Crippen LogP contribution in [0.4, 0.5) is 17.5 Å². The van der Waals surface area contributed by atoms with Crippen molar-refractivity contribution >= 4 is 55.3 Å². The predicted octanol–water partition coefficient (Wildman–Crippen LogP) is 1.56. The number of nitrogens with two attached hydrogens (primary N) is 1. The third kappa shape index (κ3) is 5.63. The minimum atomic E-state index is -3.74. The maximum absolute atomic E-state index is 13.2. The highest BCUT2D eigenvalue weighted by atomic mass is 32.2. The minimum Gasteiger partial charge on any atom is -0.505 e. The van der Waals surface area contributed by atoms with Crippen molar-refractivity contribution in [2.45, 2.75) is 29.9 Å². The maximum atomic E-state index is 13.2. The van der Waals surface area contributed by atoms with Crippen molar-refractivity contribution in [1.82, 2.24) is 29.1 Å².